The van der Waals surface area contributed by atoms with E-state index < -0.39 is 29.5 Å². The summed E-state index contributed by atoms with van der Waals surface area (Å²) < 4.78 is 7.51. The largest absolute Gasteiger partial charge is 0.459 e. The van der Waals surface area contributed by atoms with Crippen LogP contribution in [0.2, 0.25) is 5.15 Å². The molecule has 1 aliphatic heterocycles. The number of esters is 1. The summed E-state index contributed by atoms with van der Waals surface area (Å²) in [5.74, 6) is 0.970. The van der Waals surface area contributed by atoms with Gasteiger partial charge in [-0.1, -0.05) is 73.5 Å². The van der Waals surface area contributed by atoms with E-state index in [0.29, 0.717) is 24.5 Å². The number of aryl methyl sites for hydroxylation is 1. The van der Waals surface area contributed by atoms with Gasteiger partial charge in [-0.2, -0.15) is 0 Å². The van der Waals surface area contributed by atoms with E-state index in [2.05, 4.69) is 43.2 Å². The van der Waals surface area contributed by atoms with Crippen LogP contribution in [-0.4, -0.2) is 65.7 Å². The molecular weight excluding hydrogens is 612 g/mol. The number of benzene rings is 2. The predicted molar refractivity (Wildman–Crippen MR) is 158 cm³/mol. The second kappa shape index (κ2) is 17.1. The van der Waals surface area contributed by atoms with Gasteiger partial charge in [0.25, 0.3) is 0 Å². The Morgan fingerprint density at radius 1 is 1.04 bits per heavy atom. The zero-order valence-electron chi connectivity index (χ0n) is 24.6. The second-order valence-electron chi connectivity index (χ2n) is 10.1. The Labute approximate surface area is 264 Å². The third-order valence-corrected chi connectivity index (χ3v) is 7.25. The molecule has 0 fully saturated rings. The van der Waals surface area contributed by atoms with Crippen molar-refractivity contribution in [1.82, 2.24) is 36.8 Å². The monoisotopic (exact) mass is 648 g/mol. The molecule has 0 saturated carbocycles. The molecule has 2 aromatic carbocycles. The molecule has 45 heavy (non-hydrogen) atoms. The van der Waals surface area contributed by atoms with Gasteiger partial charge in [-0.3, -0.25) is 31.0 Å². The molecule has 0 spiro atoms. The minimum absolute atomic E-state index is 0.0237. The number of imidazole rings is 1. The number of carbonyl (C=O) groups excluding carboxylic acids is 1. The first-order chi connectivity index (χ1) is 21.7. The van der Waals surface area contributed by atoms with Crippen LogP contribution >= 0.6 is 11.6 Å². The van der Waals surface area contributed by atoms with Crippen LogP contribution < -0.4 is 16.5 Å². The number of carbonyl (C=O) groups is 1. The van der Waals surface area contributed by atoms with Crippen LogP contribution in [0.4, 0.5) is 0 Å². The summed E-state index contributed by atoms with van der Waals surface area (Å²) in [6.45, 7) is 2.05. The lowest BCUT2D eigenvalue weighted by molar-refractivity contribution is -0.527. The Morgan fingerprint density at radius 2 is 1.80 bits per heavy atom. The molecule has 16 nitrogen and oxygen atoms in total. The Kier molecular flexibility index (Phi) is 13.0. The van der Waals surface area contributed by atoms with Crippen LogP contribution in [0.3, 0.4) is 0 Å². The number of nitrogens with zero attached hydrogens (tertiary/aromatic N) is 5. The molecule has 3 aromatic rings. The van der Waals surface area contributed by atoms with Crippen LogP contribution in [0.15, 0.2) is 53.6 Å². The number of nitrogens with one attached hydrogen (secondary N) is 3. The van der Waals surface area contributed by atoms with Gasteiger partial charge in [0, 0.05) is 24.9 Å². The minimum atomic E-state index is -0.992. The molecule has 0 aliphatic carbocycles. The number of halogens is 1. The summed E-state index contributed by atoms with van der Waals surface area (Å²) >= 11 is 6.54. The zero-order chi connectivity index (χ0) is 32.2. The molecule has 2 heterocycles. The molecule has 1 atom stereocenters. The van der Waals surface area contributed by atoms with Gasteiger partial charge >= 0.3 is 5.97 Å². The van der Waals surface area contributed by atoms with Gasteiger partial charge in [0.05, 0.1) is 16.5 Å². The van der Waals surface area contributed by atoms with E-state index in [-0.39, 0.29) is 31.0 Å². The van der Waals surface area contributed by atoms with Crippen molar-refractivity contribution < 1.29 is 40.0 Å². The maximum atomic E-state index is 12.6. The second-order valence-corrected chi connectivity index (χ2v) is 10.5. The fraction of sp³-hybridized carbons (Fsp3) is 0.393. The molecular formula is C28H37ClN8O8. The van der Waals surface area contributed by atoms with Crippen LogP contribution in [0.25, 0.3) is 11.1 Å². The highest BCUT2D eigenvalue weighted by molar-refractivity contribution is 6.30. The molecule has 7 N–H and O–H groups in total. The van der Waals surface area contributed by atoms with Gasteiger partial charge in [0.1, 0.15) is 25.1 Å². The van der Waals surface area contributed by atoms with Gasteiger partial charge in [0.2, 0.25) is 0 Å². The van der Waals surface area contributed by atoms with Crippen molar-refractivity contribution in [1.29, 1.82) is 0 Å². The number of hydrazine groups is 2. The third-order valence-electron chi connectivity index (χ3n) is 6.95. The summed E-state index contributed by atoms with van der Waals surface area (Å²) in [5.41, 5.74) is 13.0. The van der Waals surface area contributed by atoms with Crippen molar-refractivity contribution in [3.8, 4) is 11.1 Å². The molecule has 0 amide bonds. The molecule has 1 aromatic heterocycles. The SMILES string of the molecule is CCCCc1nc(Cl)c(COC(=O)CCCC(CON(O)O)ON(O)O)n1Cc1ccc(-c2ccccc2C2=NNNN2)cc1. The van der Waals surface area contributed by atoms with E-state index in [1.165, 1.54) is 0 Å². The number of aromatic nitrogens is 2. The molecule has 0 bridgehead atoms. The summed E-state index contributed by atoms with van der Waals surface area (Å²) in [5, 5.41) is 38.6. The molecule has 1 unspecified atom stereocenters. The molecule has 0 radical (unpaired) electrons. The van der Waals surface area contributed by atoms with Crippen molar-refractivity contribution in [2.75, 3.05) is 6.61 Å². The van der Waals surface area contributed by atoms with E-state index in [0.717, 1.165) is 40.9 Å². The number of hydrogen-bond acceptors (Lipinski definition) is 15. The number of rotatable bonds is 18. The highest BCUT2D eigenvalue weighted by Crippen LogP contribution is 2.26. The quantitative estimate of drug-likeness (QED) is 0.0781. The predicted octanol–water partition coefficient (Wildman–Crippen LogP) is 3.47. The Hall–Kier alpha value is -3.68. The molecule has 17 heteroatoms. The Bertz CT molecular complexity index is 1420. The molecule has 0 saturated heterocycles. The van der Waals surface area contributed by atoms with Gasteiger partial charge in [0.15, 0.2) is 11.0 Å². The number of ether oxygens (including phenoxy) is 1. The molecule has 4 rings (SSSR count). The smallest absolute Gasteiger partial charge is 0.306 e. The fourth-order valence-electron chi connectivity index (χ4n) is 4.74. The Balaban J connectivity index is 1.41. The third kappa shape index (κ3) is 10.2. The zero-order valence-corrected chi connectivity index (χ0v) is 25.4. The number of hydrogen-bond donors (Lipinski definition) is 7. The van der Waals surface area contributed by atoms with E-state index >= 15 is 0 Å². The average molecular weight is 649 g/mol. The van der Waals surface area contributed by atoms with Crippen LogP contribution in [0, 0.1) is 0 Å². The van der Waals surface area contributed by atoms with E-state index in [9.17, 15) is 4.79 Å². The maximum Gasteiger partial charge on any atom is 0.306 e. The van der Waals surface area contributed by atoms with E-state index in [1.807, 2.05) is 53.1 Å². The maximum absolute atomic E-state index is 12.6. The lowest BCUT2D eigenvalue weighted by Crippen LogP contribution is -2.35. The van der Waals surface area contributed by atoms with E-state index in [1.54, 1.807) is 0 Å². The number of amidine groups is 1. The van der Waals surface area contributed by atoms with Crippen LogP contribution in [0.1, 0.15) is 61.7 Å². The standard InChI is InChI=1S/C28H37ClN8O8/c1-2-3-10-25-30-27(29)24(18-43-26(38)11-6-7-21(45-37(41)42)17-44-36(39)40)35(25)16-19-12-14-20(15-13-19)22-8-4-5-9-23(22)28-31-33-34-32-28/h4-5,8-9,12-15,21,33-34,39-42H,2-3,6-7,10-11,16-18H2,1H3,(H,31,32). The summed E-state index contributed by atoms with van der Waals surface area (Å²) in [4.78, 5) is 26.2. The van der Waals surface area contributed by atoms with Gasteiger partial charge in [-0.05, 0) is 36.0 Å². The van der Waals surface area contributed by atoms with Gasteiger partial charge < -0.3 is 9.30 Å². The first-order valence-corrected chi connectivity index (χ1v) is 14.7. The first kappa shape index (κ1) is 34.2. The summed E-state index contributed by atoms with van der Waals surface area (Å²) in [6.07, 6.45) is 1.92. The highest BCUT2D eigenvalue weighted by Gasteiger charge is 2.20. The minimum Gasteiger partial charge on any atom is -0.459 e. The number of hydrazone groups is 1. The van der Waals surface area contributed by atoms with Crippen molar-refractivity contribution in [3.63, 3.8) is 0 Å². The summed E-state index contributed by atoms with van der Waals surface area (Å²) in [7, 11) is 0. The lowest BCUT2D eigenvalue weighted by Gasteiger charge is -2.18. The molecule has 244 valence electrons. The van der Waals surface area contributed by atoms with Crippen molar-refractivity contribution in [2.24, 2.45) is 5.10 Å². The van der Waals surface area contributed by atoms with Gasteiger partial charge in [-0.25, -0.2) is 20.2 Å². The van der Waals surface area contributed by atoms with Gasteiger partial charge in [-0.15, -0.1) is 10.6 Å². The lowest BCUT2D eigenvalue weighted by atomic mass is 9.98. The van der Waals surface area contributed by atoms with Crippen molar-refractivity contribution in [2.45, 2.75) is 64.7 Å². The van der Waals surface area contributed by atoms with Crippen molar-refractivity contribution in [3.05, 3.63) is 76.3 Å². The van der Waals surface area contributed by atoms with E-state index in [4.69, 9.17) is 37.2 Å². The normalized spacial score (nSPS) is 13.6. The summed E-state index contributed by atoms with van der Waals surface area (Å²) in [6, 6.07) is 16.1. The van der Waals surface area contributed by atoms with Crippen molar-refractivity contribution >= 4 is 23.4 Å². The van der Waals surface area contributed by atoms with Crippen LogP contribution in [-0.2, 0) is 38.8 Å². The highest BCUT2D eigenvalue weighted by atomic mass is 35.5. The van der Waals surface area contributed by atoms with Crippen LogP contribution in [0.5, 0.6) is 0 Å². The Morgan fingerprint density at radius 3 is 2.47 bits per heavy atom. The first-order valence-electron chi connectivity index (χ1n) is 14.3. The average Bonchev–Trinajstić information content (AvgIpc) is 3.66. The molecule has 1 aliphatic rings. The number of unbranched alkanes of at least 4 members (excludes halogenated alkanes) is 1. The topological polar surface area (TPSA) is 198 Å². The fourth-order valence-corrected chi connectivity index (χ4v) is 4.99.